The molecule has 2 atom stereocenters. The van der Waals surface area contributed by atoms with E-state index >= 15 is 0 Å². The van der Waals surface area contributed by atoms with Gasteiger partial charge in [0.2, 0.25) is 0 Å². The van der Waals surface area contributed by atoms with Gasteiger partial charge in [-0.1, -0.05) is 45.2 Å². The summed E-state index contributed by atoms with van der Waals surface area (Å²) in [5, 5.41) is 18.4. The molecule has 0 aliphatic rings. The van der Waals surface area contributed by atoms with Gasteiger partial charge in [0.1, 0.15) is 0 Å². The van der Waals surface area contributed by atoms with E-state index in [1.165, 1.54) is 0 Å². The molecule has 2 nitrogen and oxygen atoms in total. The van der Waals surface area contributed by atoms with Gasteiger partial charge in [-0.2, -0.15) is 0 Å². The third kappa shape index (κ3) is 5.09. The Morgan fingerprint density at radius 3 is 1.40 bits per heavy atom. The molecule has 0 radical (unpaired) electrons. The third-order valence-electron chi connectivity index (χ3n) is 1.25. The van der Waals surface area contributed by atoms with Crippen LogP contribution in [0.15, 0.2) is 0 Å². The van der Waals surface area contributed by atoms with Crippen LogP contribution in [0.2, 0.25) is 0 Å². The summed E-state index contributed by atoms with van der Waals surface area (Å²) in [6.45, 7) is 0. The molecule has 0 amide bonds. The van der Waals surface area contributed by atoms with E-state index in [1.54, 1.807) is 0 Å². The van der Waals surface area contributed by atoms with E-state index in [2.05, 4.69) is 45.2 Å². The predicted octanol–water partition coefficient (Wildman–Crippen LogP) is 1.36. The summed E-state index contributed by atoms with van der Waals surface area (Å²) in [7, 11) is 0. The number of alkyl halides is 2. The minimum atomic E-state index is -0.522. The quantitative estimate of drug-likeness (QED) is 0.567. The van der Waals surface area contributed by atoms with Crippen LogP contribution in [0.4, 0.5) is 0 Å². The van der Waals surface area contributed by atoms with E-state index < -0.39 is 12.2 Å². The molecular formula is C6H12I2O2. The molecule has 0 aromatic rings. The first-order valence-electron chi connectivity index (χ1n) is 3.20. The fraction of sp³-hybridized carbons (Fsp3) is 1.00. The van der Waals surface area contributed by atoms with Gasteiger partial charge >= 0.3 is 0 Å². The van der Waals surface area contributed by atoms with Gasteiger partial charge in [0, 0.05) is 8.86 Å². The Morgan fingerprint density at radius 1 is 0.900 bits per heavy atom. The van der Waals surface area contributed by atoms with Crippen LogP contribution in [0.5, 0.6) is 0 Å². The molecule has 0 unspecified atom stereocenters. The van der Waals surface area contributed by atoms with Gasteiger partial charge in [-0.25, -0.2) is 0 Å². The predicted molar refractivity (Wildman–Crippen MR) is 59.0 cm³/mol. The van der Waals surface area contributed by atoms with Crippen molar-refractivity contribution in [3.8, 4) is 0 Å². The van der Waals surface area contributed by atoms with Gasteiger partial charge < -0.3 is 10.2 Å². The highest BCUT2D eigenvalue weighted by atomic mass is 127. The molecule has 4 heteroatoms. The van der Waals surface area contributed by atoms with E-state index in [1.807, 2.05) is 0 Å². The van der Waals surface area contributed by atoms with Crippen LogP contribution < -0.4 is 0 Å². The van der Waals surface area contributed by atoms with Crippen LogP contribution in [0.1, 0.15) is 12.8 Å². The van der Waals surface area contributed by atoms with Crippen molar-refractivity contribution in [2.45, 2.75) is 25.0 Å². The molecule has 62 valence electrons. The molecule has 0 bridgehead atoms. The van der Waals surface area contributed by atoms with Crippen LogP contribution >= 0.6 is 45.2 Å². The summed E-state index contributed by atoms with van der Waals surface area (Å²) in [5.74, 6) is 0. The Balaban J connectivity index is 3.38. The number of aliphatic hydroxyl groups excluding tert-OH is 2. The van der Waals surface area contributed by atoms with Gasteiger partial charge in [-0.05, 0) is 12.8 Å². The van der Waals surface area contributed by atoms with E-state index in [0.29, 0.717) is 12.8 Å². The van der Waals surface area contributed by atoms with Crippen molar-refractivity contribution < 1.29 is 10.2 Å². The monoisotopic (exact) mass is 370 g/mol. The SMILES string of the molecule is O[C@H](CCI)[C@H](O)CCI. The first-order valence-corrected chi connectivity index (χ1v) is 6.25. The topological polar surface area (TPSA) is 40.5 Å². The normalized spacial score (nSPS) is 16.8. The Hall–Kier alpha value is 1.38. The fourth-order valence-electron chi connectivity index (χ4n) is 0.608. The lowest BCUT2D eigenvalue weighted by Gasteiger charge is -2.14. The van der Waals surface area contributed by atoms with Crippen LogP contribution in [-0.4, -0.2) is 31.3 Å². The van der Waals surface area contributed by atoms with E-state index in [-0.39, 0.29) is 0 Å². The Kier molecular flexibility index (Phi) is 8.03. The molecule has 0 rings (SSSR count). The molecule has 0 aromatic heterocycles. The summed E-state index contributed by atoms with van der Waals surface area (Å²) in [4.78, 5) is 0. The number of hydrogen-bond donors (Lipinski definition) is 2. The zero-order chi connectivity index (χ0) is 7.98. The highest BCUT2D eigenvalue weighted by Crippen LogP contribution is 2.06. The van der Waals surface area contributed by atoms with Crippen molar-refractivity contribution in [1.82, 2.24) is 0 Å². The minimum absolute atomic E-state index is 0.522. The highest BCUT2D eigenvalue weighted by Gasteiger charge is 2.13. The second-order valence-electron chi connectivity index (χ2n) is 2.09. The van der Waals surface area contributed by atoms with Crippen molar-refractivity contribution in [1.29, 1.82) is 0 Å². The van der Waals surface area contributed by atoms with E-state index in [9.17, 15) is 10.2 Å². The molecule has 0 spiro atoms. The van der Waals surface area contributed by atoms with Crippen LogP contribution in [0, 0.1) is 0 Å². The van der Waals surface area contributed by atoms with E-state index in [0.717, 1.165) is 8.86 Å². The standard InChI is InChI=1S/C6H12I2O2/c7-3-1-5(9)6(10)2-4-8/h5-6,9-10H,1-4H2/t5-,6-/m1/s1. The van der Waals surface area contributed by atoms with Crippen molar-refractivity contribution >= 4 is 45.2 Å². The van der Waals surface area contributed by atoms with Gasteiger partial charge in [0.25, 0.3) is 0 Å². The zero-order valence-electron chi connectivity index (χ0n) is 5.63. The number of hydrogen-bond acceptors (Lipinski definition) is 2. The number of aliphatic hydroxyl groups is 2. The molecule has 0 fully saturated rings. The fourth-order valence-corrected chi connectivity index (χ4v) is 1.88. The summed E-state index contributed by atoms with van der Waals surface area (Å²) in [6.07, 6.45) is 0.342. The second kappa shape index (κ2) is 7.05. The maximum absolute atomic E-state index is 9.19. The van der Waals surface area contributed by atoms with Gasteiger partial charge in [0.15, 0.2) is 0 Å². The van der Waals surface area contributed by atoms with Crippen molar-refractivity contribution in [2.75, 3.05) is 8.86 Å². The molecule has 0 aliphatic heterocycles. The molecule has 0 heterocycles. The maximum Gasteiger partial charge on any atom is 0.0806 e. The average molecular weight is 370 g/mol. The van der Waals surface area contributed by atoms with Crippen LogP contribution in [0.25, 0.3) is 0 Å². The van der Waals surface area contributed by atoms with Crippen LogP contribution in [-0.2, 0) is 0 Å². The maximum atomic E-state index is 9.19. The first-order chi connectivity index (χ1) is 4.72. The lowest BCUT2D eigenvalue weighted by atomic mass is 10.1. The number of rotatable bonds is 5. The molecule has 0 aliphatic carbocycles. The van der Waals surface area contributed by atoms with Crippen molar-refractivity contribution in [2.24, 2.45) is 0 Å². The lowest BCUT2D eigenvalue weighted by molar-refractivity contribution is 0.0179. The first kappa shape index (κ1) is 11.4. The van der Waals surface area contributed by atoms with Crippen molar-refractivity contribution in [3.63, 3.8) is 0 Å². The van der Waals surface area contributed by atoms with Crippen LogP contribution in [0.3, 0.4) is 0 Å². The second-order valence-corrected chi connectivity index (χ2v) is 4.25. The van der Waals surface area contributed by atoms with E-state index in [4.69, 9.17) is 0 Å². The molecule has 10 heavy (non-hydrogen) atoms. The molecule has 0 saturated carbocycles. The van der Waals surface area contributed by atoms with Gasteiger partial charge in [0.05, 0.1) is 12.2 Å². The molecule has 2 N–H and O–H groups in total. The summed E-state index contributed by atoms with van der Waals surface area (Å²) in [6, 6.07) is 0. The van der Waals surface area contributed by atoms with Crippen molar-refractivity contribution in [3.05, 3.63) is 0 Å². The van der Waals surface area contributed by atoms with Gasteiger partial charge in [-0.15, -0.1) is 0 Å². The molecule has 0 saturated heterocycles. The minimum Gasteiger partial charge on any atom is -0.390 e. The summed E-state index contributed by atoms with van der Waals surface area (Å²) in [5.41, 5.74) is 0. The molecular weight excluding hydrogens is 358 g/mol. The summed E-state index contributed by atoms with van der Waals surface area (Å²) < 4.78 is 1.80. The smallest absolute Gasteiger partial charge is 0.0806 e. The summed E-state index contributed by atoms with van der Waals surface area (Å²) >= 11 is 4.38. The average Bonchev–Trinajstić information content (AvgIpc) is 1.89. The highest BCUT2D eigenvalue weighted by molar-refractivity contribution is 14.1. The zero-order valence-corrected chi connectivity index (χ0v) is 9.95. The third-order valence-corrected chi connectivity index (χ3v) is 2.50. The molecule has 0 aromatic carbocycles. The van der Waals surface area contributed by atoms with Gasteiger partial charge in [-0.3, -0.25) is 0 Å². The Labute approximate surface area is 88.7 Å². The Bertz CT molecular complexity index is 70.1. The lowest BCUT2D eigenvalue weighted by Crippen LogP contribution is -2.26. The largest absolute Gasteiger partial charge is 0.390 e. The Morgan fingerprint density at radius 2 is 1.20 bits per heavy atom. The number of halogens is 2.